The Bertz CT molecular complexity index is 566. The molecule has 94 valence electrons. The molecule has 2 rings (SSSR count). The van der Waals surface area contributed by atoms with Crippen LogP contribution in [0.5, 0.6) is 0 Å². The van der Waals surface area contributed by atoms with Gasteiger partial charge in [-0.25, -0.2) is 0 Å². The molecular formula is C15H16ClNS. The summed E-state index contributed by atoms with van der Waals surface area (Å²) in [6.07, 6.45) is 0. The van der Waals surface area contributed by atoms with Crippen molar-refractivity contribution in [2.24, 2.45) is 0 Å². The number of halogens is 1. The van der Waals surface area contributed by atoms with Crippen molar-refractivity contribution in [1.82, 2.24) is 0 Å². The van der Waals surface area contributed by atoms with Gasteiger partial charge in [0.2, 0.25) is 0 Å². The fraction of sp³-hybridized carbons (Fsp3) is 0.200. The maximum Gasteiger partial charge on any atom is 0.0543 e. The lowest BCUT2D eigenvalue weighted by Gasteiger charge is -2.07. The van der Waals surface area contributed by atoms with Crippen molar-refractivity contribution in [2.45, 2.75) is 24.5 Å². The van der Waals surface area contributed by atoms with Crippen LogP contribution in [0, 0.1) is 13.8 Å². The molecule has 3 heteroatoms. The van der Waals surface area contributed by atoms with Gasteiger partial charge in [-0.1, -0.05) is 29.8 Å². The number of thioether (sulfide) groups is 1. The predicted octanol–water partition coefficient (Wildman–Crippen LogP) is 4.83. The summed E-state index contributed by atoms with van der Waals surface area (Å²) in [5, 5.41) is 0.762. The fourth-order valence-electron chi connectivity index (χ4n) is 1.68. The second-order valence-corrected chi connectivity index (χ2v) is 5.82. The molecule has 0 aliphatic carbocycles. The molecule has 0 heterocycles. The highest BCUT2D eigenvalue weighted by Gasteiger charge is 2.03. The van der Waals surface area contributed by atoms with Crippen LogP contribution >= 0.6 is 23.4 Å². The summed E-state index contributed by atoms with van der Waals surface area (Å²) in [6, 6.07) is 12.1. The summed E-state index contributed by atoms with van der Waals surface area (Å²) in [5.74, 6) is 0.907. The fourth-order valence-corrected chi connectivity index (χ4v) is 2.89. The minimum atomic E-state index is 0.752. The Balaban J connectivity index is 2.11. The number of nitrogen functional groups attached to an aromatic ring is 1. The molecule has 0 bridgehead atoms. The average Bonchev–Trinajstić information content (AvgIpc) is 2.34. The van der Waals surface area contributed by atoms with E-state index in [0.29, 0.717) is 0 Å². The lowest BCUT2D eigenvalue weighted by atomic mass is 10.1. The van der Waals surface area contributed by atoms with Crippen LogP contribution in [0.3, 0.4) is 0 Å². The molecule has 0 saturated heterocycles. The van der Waals surface area contributed by atoms with Gasteiger partial charge in [0.15, 0.2) is 0 Å². The van der Waals surface area contributed by atoms with Gasteiger partial charge in [-0.15, -0.1) is 11.8 Å². The van der Waals surface area contributed by atoms with Crippen molar-refractivity contribution in [2.75, 3.05) is 5.73 Å². The second-order valence-electron chi connectivity index (χ2n) is 4.40. The minimum absolute atomic E-state index is 0.752. The molecule has 1 nitrogen and oxygen atoms in total. The Hall–Kier alpha value is -1.12. The van der Waals surface area contributed by atoms with Crippen molar-refractivity contribution < 1.29 is 0 Å². The first-order chi connectivity index (χ1) is 8.56. The SMILES string of the molecule is Cc1ccc(CSc2cc(N)ccc2Cl)cc1C. The summed E-state index contributed by atoms with van der Waals surface area (Å²) in [4.78, 5) is 1.04. The van der Waals surface area contributed by atoms with Crippen LogP contribution in [0.2, 0.25) is 5.02 Å². The standard InChI is InChI=1S/C15H16ClNS/c1-10-3-4-12(7-11(10)2)9-18-15-8-13(17)5-6-14(15)16/h3-8H,9,17H2,1-2H3. The molecule has 0 aliphatic rings. The number of hydrogen-bond donors (Lipinski definition) is 1. The second kappa shape index (κ2) is 5.68. The molecule has 0 saturated carbocycles. The molecule has 18 heavy (non-hydrogen) atoms. The first kappa shape index (κ1) is 13.3. The Morgan fingerprint density at radius 2 is 1.83 bits per heavy atom. The lowest BCUT2D eigenvalue weighted by molar-refractivity contribution is 1.28. The first-order valence-corrected chi connectivity index (χ1v) is 7.16. The zero-order valence-electron chi connectivity index (χ0n) is 10.5. The highest BCUT2D eigenvalue weighted by molar-refractivity contribution is 7.98. The van der Waals surface area contributed by atoms with E-state index in [1.54, 1.807) is 11.8 Å². The van der Waals surface area contributed by atoms with Crippen LogP contribution in [0.25, 0.3) is 0 Å². The van der Waals surface area contributed by atoms with Gasteiger partial charge in [-0.05, 0) is 48.7 Å². The van der Waals surface area contributed by atoms with Crippen LogP contribution in [0.15, 0.2) is 41.3 Å². The largest absolute Gasteiger partial charge is 0.399 e. The molecule has 2 aromatic carbocycles. The third-order valence-electron chi connectivity index (χ3n) is 2.92. The predicted molar refractivity (Wildman–Crippen MR) is 81.3 cm³/mol. The van der Waals surface area contributed by atoms with Crippen LogP contribution in [0.4, 0.5) is 5.69 Å². The third-order valence-corrected chi connectivity index (χ3v) is 4.49. The van der Waals surface area contributed by atoms with Crippen molar-refractivity contribution in [3.05, 3.63) is 58.1 Å². The van der Waals surface area contributed by atoms with Crippen molar-refractivity contribution in [1.29, 1.82) is 0 Å². The van der Waals surface area contributed by atoms with Gasteiger partial charge in [0.1, 0.15) is 0 Å². The van der Waals surface area contributed by atoms with Crippen molar-refractivity contribution in [3.8, 4) is 0 Å². The van der Waals surface area contributed by atoms with Crippen LogP contribution in [-0.4, -0.2) is 0 Å². The van der Waals surface area contributed by atoms with Gasteiger partial charge in [-0.3, -0.25) is 0 Å². The minimum Gasteiger partial charge on any atom is -0.399 e. The normalized spacial score (nSPS) is 10.6. The Morgan fingerprint density at radius 1 is 1.06 bits per heavy atom. The number of nitrogens with two attached hydrogens (primary N) is 1. The molecular weight excluding hydrogens is 262 g/mol. The summed E-state index contributed by atoms with van der Waals surface area (Å²) >= 11 is 7.86. The van der Waals surface area contributed by atoms with E-state index in [-0.39, 0.29) is 0 Å². The van der Waals surface area contributed by atoms with Gasteiger partial charge in [0, 0.05) is 16.3 Å². The van der Waals surface area contributed by atoms with E-state index in [9.17, 15) is 0 Å². The Morgan fingerprint density at radius 3 is 2.56 bits per heavy atom. The van der Waals surface area contributed by atoms with E-state index in [0.717, 1.165) is 21.4 Å². The molecule has 2 aromatic rings. The Labute approximate surface area is 117 Å². The molecule has 0 radical (unpaired) electrons. The van der Waals surface area contributed by atoms with Crippen molar-refractivity contribution in [3.63, 3.8) is 0 Å². The maximum atomic E-state index is 6.14. The van der Waals surface area contributed by atoms with E-state index in [1.165, 1.54) is 16.7 Å². The summed E-state index contributed by atoms with van der Waals surface area (Å²) < 4.78 is 0. The van der Waals surface area contributed by atoms with E-state index >= 15 is 0 Å². The molecule has 0 amide bonds. The zero-order valence-corrected chi connectivity index (χ0v) is 12.1. The molecule has 0 spiro atoms. The van der Waals surface area contributed by atoms with Gasteiger partial charge in [0.05, 0.1) is 5.02 Å². The van der Waals surface area contributed by atoms with Crippen LogP contribution in [0.1, 0.15) is 16.7 Å². The highest BCUT2D eigenvalue weighted by Crippen LogP contribution is 2.31. The number of aryl methyl sites for hydroxylation is 2. The van der Waals surface area contributed by atoms with Gasteiger partial charge < -0.3 is 5.73 Å². The summed E-state index contributed by atoms with van der Waals surface area (Å²) in [7, 11) is 0. The van der Waals surface area contributed by atoms with E-state index in [4.69, 9.17) is 17.3 Å². The van der Waals surface area contributed by atoms with Gasteiger partial charge >= 0.3 is 0 Å². The maximum absolute atomic E-state index is 6.14. The quantitative estimate of drug-likeness (QED) is 0.642. The Kier molecular flexibility index (Phi) is 4.20. The molecule has 0 aliphatic heterocycles. The van der Waals surface area contributed by atoms with E-state index in [1.807, 2.05) is 18.2 Å². The highest BCUT2D eigenvalue weighted by atomic mass is 35.5. The summed E-state index contributed by atoms with van der Waals surface area (Å²) in [6.45, 7) is 4.26. The molecule has 0 unspecified atom stereocenters. The van der Waals surface area contributed by atoms with Crippen LogP contribution < -0.4 is 5.73 Å². The monoisotopic (exact) mass is 277 g/mol. The van der Waals surface area contributed by atoms with E-state index in [2.05, 4.69) is 32.0 Å². The number of anilines is 1. The molecule has 0 fully saturated rings. The average molecular weight is 278 g/mol. The topological polar surface area (TPSA) is 26.0 Å². The van der Waals surface area contributed by atoms with E-state index < -0.39 is 0 Å². The van der Waals surface area contributed by atoms with Gasteiger partial charge in [-0.2, -0.15) is 0 Å². The van der Waals surface area contributed by atoms with Crippen LogP contribution in [-0.2, 0) is 5.75 Å². The van der Waals surface area contributed by atoms with Crippen molar-refractivity contribution >= 4 is 29.1 Å². The molecule has 0 atom stereocenters. The molecule has 0 aromatic heterocycles. The first-order valence-electron chi connectivity index (χ1n) is 5.80. The molecule has 2 N–H and O–H groups in total. The third kappa shape index (κ3) is 3.21. The number of hydrogen-bond acceptors (Lipinski definition) is 2. The number of benzene rings is 2. The lowest BCUT2D eigenvalue weighted by Crippen LogP contribution is -1.88. The number of rotatable bonds is 3. The van der Waals surface area contributed by atoms with Gasteiger partial charge in [0.25, 0.3) is 0 Å². The summed E-state index contributed by atoms with van der Waals surface area (Å²) in [5.41, 5.74) is 10.5. The smallest absolute Gasteiger partial charge is 0.0543 e. The zero-order chi connectivity index (χ0) is 13.1.